The number of primary amides is 1. The van der Waals surface area contributed by atoms with E-state index in [1.807, 2.05) is 0 Å². The van der Waals surface area contributed by atoms with Crippen molar-refractivity contribution in [2.24, 2.45) is 5.73 Å². The second-order valence-corrected chi connectivity index (χ2v) is 7.79. The van der Waals surface area contributed by atoms with E-state index in [0.717, 1.165) is 12.3 Å². The molecule has 3 N–H and O–H groups in total. The van der Waals surface area contributed by atoms with E-state index in [1.54, 1.807) is 6.07 Å². The maximum atomic E-state index is 13.0. The van der Waals surface area contributed by atoms with Crippen molar-refractivity contribution in [2.45, 2.75) is 24.6 Å². The summed E-state index contributed by atoms with van der Waals surface area (Å²) >= 11 is 12.1. The summed E-state index contributed by atoms with van der Waals surface area (Å²) in [6.07, 6.45) is -3.59. The van der Waals surface area contributed by atoms with Gasteiger partial charge >= 0.3 is 12.2 Å². The molecule has 1 saturated heterocycles. The number of alkyl halides is 3. The van der Waals surface area contributed by atoms with E-state index >= 15 is 0 Å². The van der Waals surface area contributed by atoms with E-state index in [2.05, 4.69) is 10.3 Å². The van der Waals surface area contributed by atoms with Crippen LogP contribution in [0.2, 0.25) is 10.0 Å². The Kier molecular flexibility index (Phi) is 5.88. The van der Waals surface area contributed by atoms with Crippen LogP contribution in [0.5, 0.6) is 0 Å². The van der Waals surface area contributed by atoms with Gasteiger partial charge in [0.1, 0.15) is 11.2 Å². The zero-order chi connectivity index (χ0) is 22.3. The van der Waals surface area contributed by atoms with Crippen molar-refractivity contribution in [2.75, 3.05) is 13.1 Å². The summed E-state index contributed by atoms with van der Waals surface area (Å²) in [7, 11) is 0. The molecule has 1 aliphatic heterocycles. The number of amides is 3. The van der Waals surface area contributed by atoms with Crippen molar-refractivity contribution in [1.29, 1.82) is 0 Å². The Morgan fingerprint density at radius 3 is 2.43 bits per heavy atom. The molecular weight excluding hydrogens is 444 g/mol. The van der Waals surface area contributed by atoms with Crippen molar-refractivity contribution < 1.29 is 22.8 Å². The van der Waals surface area contributed by atoms with Crippen LogP contribution in [-0.4, -0.2) is 40.5 Å². The van der Waals surface area contributed by atoms with Gasteiger partial charge in [-0.25, -0.2) is 4.79 Å². The van der Waals surface area contributed by atoms with E-state index in [-0.39, 0.29) is 28.7 Å². The van der Waals surface area contributed by atoms with Crippen molar-refractivity contribution >= 4 is 35.1 Å². The summed E-state index contributed by atoms with van der Waals surface area (Å²) in [4.78, 5) is 29.8. The highest BCUT2D eigenvalue weighted by atomic mass is 35.5. The molecule has 1 aliphatic rings. The number of halogens is 5. The van der Waals surface area contributed by atoms with Gasteiger partial charge < -0.3 is 16.0 Å². The number of nitrogens with zero attached hydrogens (tertiary/aromatic N) is 2. The van der Waals surface area contributed by atoms with Crippen LogP contribution in [0.25, 0.3) is 0 Å². The minimum Gasteiger partial charge on any atom is -0.352 e. The first-order valence-electron chi connectivity index (χ1n) is 8.79. The Hall–Kier alpha value is -2.52. The third kappa shape index (κ3) is 3.91. The first kappa shape index (κ1) is 22.2. The highest BCUT2D eigenvalue weighted by molar-refractivity contribution is 6.42. The number of piperazine rings is 1. The van der Waals surface area contributed by atoms with Crippen LogP contribution in [0.3, 0.4) is 0 Å². The lowest BCUT2D eigenvalue weighted by atomic mass is 9.74. The van der Waals surface area contributed by atoms with E-state index < -0.39 is 35.3 Å². The summed E-state index contributed by atoms with van der Waals surface area (Å²) in [5, 5.41) is 3.13. The maximum Gasteiger partial charge on any atom is 0.433 e. The topological polar surface area (TPSA) is 88.3 Å². The monoisotopic (exact) mass is 460 g/mol. The van der Waals surface area contributed by atoms with E-state index in [4.69, 9.17) is 28.9 Å². The summed E-state index contributed by atoms with van der Waals surface area (Å²) in [6.45, 7) is 1.82. The molecule has 2 heterocycles. The average molecular weight is 461 g/mol. The van der Waals surface area contributed by atoms with E-state index in [0.29, 0.717) is 5.56 Å². The molecule has 0 bridgehead atoms. The van der Waals surface area contributed by atoms with Crippen LogP contribution >= 0.6 is 23.2 Å². The first-order chi connectivity index (χ1) is 14.0. The van der Waals surface area contributed by atoms with Crippen LogP contribution in [-0.2, 0) is 11.0 Å². The van der Waals surface area contributed by atoms with Crippen molar-refractivity contribution in [1.82, 2.24) is 15.2 Å². The maximum absolute atomic E-state index is 13.0. The number of nitrogens with one attached hydrogen (secondary N) is 1. The Balaban J connectivity index is 2.22. The van der Waals surface area contributed by atoms with Crippen molar-refractivity contribution in [3.8, 4) is 0 Å². The number of hydrogen-bond donors (Lipinski definition) is 2. The molecule has 1 unspecified atom stereocenters. The fourth-order valence-corrected chi connectivity index (χ4v) is 4.02. The molecule has 6 nitrogen and oxygen atoms in total. The number of urea groups is 1. The molecule has 3 amide bonds. The van der Waals surface area contributed by atoms with Crippen molar-refractivity contribution in [3.63, 3.8) is 0 Å². The summed E-state index contributed by atoms with van der Waals surface area (Å²) in [6, 6.07) is 5.79. The third-order valence-electron chi connectivity index (χ3n) is 5.16. The quantitative estimate of drug-likeness (QED) is 0.729. The van der Waals surface area contributed by atoms with Gasteiger partial charge in [-0.15, -0.1) is 0 Å². The van der Waals surface area contributed by atoms with Gasteiger partial charge in [0.15, 0.2) is 0 Å². The lowest BCUT2D eigenvalue weighted by molar-refractivity contribution is -0.141. The number of nitrogens with two attached hydrogens (primary N) is 1. The minimum atomic E-state index is -4.62. The van der Waals surface area contributed by atoms with E-state index in [9.17, 15) is 22.8 Å². The number of carbonyl (C=O) groups excluding carboxylic acids is 2. The van der Waals surface area contributed by atoms with Crippen molar-refractivity contribution in [3.05, 3.63) is 63.4 Å². The van der Waals surface area contributed by atoms with Gasteiger partial charge in [-0.3, -0.25) is 9.78 Å². The number of benzene rings is 1. The highest BCUT2D eigenvalue weighted by Gasteiger charge is 2.51. The van der Waals surface area contributed by atoms with Crippen LogP contribution in [0.15, 0.2) is 36.5 Å². The number of rotatable bonds is 3. The number of carbonyl (C=O) groups is 2. The average Bonchev–Trinajstić information content (AvgIpc) is 2.66. The molecule has 1 aromatic carbocycles. The fraction of sp³-hybridized carbons (Fsp3) is 0.316. The lowest BCUT2D eigenvalue weighted by Gasteiger charge is -2.47. The molecule has 1 aromatic heterocycles. The van der Waals surface area contributed by atoms with Gasteiger partial charge in [0.05, 0.1) is 10.0 Å². The molecule has 0 radical (unpaired) electrons. The smallest absolute Gasteiger partial charge is 0.352 e. The molecular formula is C19H17Cl2F3N4O2. The molecule has 3 rings (SSSR count). The minimum absolute atomic E-state index is 0.128. The van der Waals surface area contributed by atoms with Crippen LogP contribution in [0, 0.1) is 0 Å². The number of aromatic nitrogens is 1. The van der Waals surface area contributed by atoms with E-state index in [1.165, 1.54) is 30.0 Å². The van der Waals surface area contributed by atoms with Gasteiger partial charge in [-0.1, -0.05) is 35.3 Å². The normalized spacial score (nSPS) is 20.6. The van der Waals surface area contributed by atoms with Crippen LogP contribution in [0.1, 0.15) is 29.7 Å². The molecule has 11 heteroatoms. The highest BCUT2D eigenvalue weighted by Crippen LogP contribution is 2.42. The van der Waals surface area contributed by atoms with Gasteiger partial charge in [-0.05, 0) is 36.2 Å². The summed E-state index contributed by atoms with van der Waals surface area (Å²) in [5.41, 5.74) is 3.62. The molecule has 0 saturated carbocycles. The molecule has 0 spiro atoms. The fourth-order valence-electron chi connectivity index (χ4n) is 3.72. The summed E-state index contributed by atoms with van der Waals surface area (Å²) in [5.74, 6) is -1.43. The lowest BCUT2D eigenvalue weighted by Crippen LogP contribution is -2.68. The predicted octanol–water partition coefficient (Wildman–Crippen LogP) is 3.81. The van der Waals surface area contributed by atoms with Gasteiger partial charge in [0, 0.05) is 25.2 Å². The second-order valence-electron chi connectivity index (χ2n) is 6.97. The largest absolute Gasteiger partial charge is 0.433 e. The Labute approximate surface area is 180 Å². The number of hydrogen-bond acceptors (Lipinski definition) is 3. The Morgan fingerprint density at radius 2 is 1.90 bits per heavy atom. The summed E-state index contributed by atoms with van der Waals surface area (Å²) < 4.78 is 38.9. The predicted molar refractivity (Wildman–Crippen MR) is 105 cm³/mol. The van der Waals surface area contributed by atoms with Crippen LogP contribution in [0.4, 0.5) is 18.0 Å². The standard InChI is InChI=1S/C19H17Cl2F3N4O2/c1-18(16(29)26-6-7-28(18)17(25)30)15(10-2-4-12(20)13(21)8-10)11-3-5-14(27-9-11)19(22,23)24/h2-5,8-9,15H,6-7H2,1H3,(H2,25,30)(H,26,29)/t15-,18?/m1/s1. The molecule has 160 valence electrons. The molecule has 30 heavy (non-hydrogen) atoms. The Bertz CT molecular complexity index is 985. The zero-order valence-corrected chi connectivity index (χ0v) is 17.1. The second kappa shape index (κ2) is 7.96. The molecule has 1 fully saturated rings. The molecule has 2 aromatic rings. The van der Waals surface area contributed by atoms with Gasteiger partial charge in [0.25, 0.3) is 0 Å². The van der Waals surface area contributed by atoms with Crippen LogP contribution < -0.4 is 11.1 Å². The Morgan fingerprint density at radius 1 is 1.23 bits per heavy atom. The first-order valence-corrected chi connectivity index (χ1v) is 9.55. The molecule has 2 atom stereocenters. The SMILES string of the molecule is CC1([C@@H](c2ccc(C(F)(F)F)nc2)c2ccc(Cl)c(Cl)c2)C(=O)NCCN1C(N)=O. The zero-order valence-electron chi connectivity index (χ0n) is 15.6. The van der Waals surface area contributed by atoms with Gasteiger partial charge in [-0.2, -0.15) is 13.2 Å². The molecule has 0 aliphatic carbocycles. The van der Waals surface area contributed by atoms with Gasteiger partial charge in [0.2, 0.25) is 5.91 Å². The third-order valence-corrected chi connectivity index (χ3v) is 5.90. The number of pyridine rings is 1.